The van der Waals surface area contributed by atoms with E-state index in [2.05, 4.69) is 15.4 Å². The van der Waals surface area contributed by atoms with Crippen LogP contribution in [-0.2, 0) is 19.4 Å². The van der Waals surface area contributed by atoms with Crippen molar-refractivity contribution in [3.05, 3.63) is 0 Å². The molecular weight excluding hydrogens is 232 g/mol. The van der Waals surface area contributed by atoms with E-state index in [0.717, 1.165) is 0 Å². The molecule has 1 atom stereocenters. The first-order chi connectivity index (χ1) is 7.56. The van der Waals surface area contributed by atoms with E-state index in [9.17, 15) is 13.2 Å². The molecule has 1 saturated heterocycles. The minimum absolute atomic E-state index is 0.00959. The molecule has 0 saturated carbocycles. The molecule has 2 N–H and O–H groups in total. The number of carbonyl (C=O) groups is 1. The zero-order valence-corrected chi connectivity index (χ0v) is 10.2. The Morgan fingerprint density at radius 3 is 2.94 bits per heavy atom. The molecule has 0 aliphatic carbocycles. The summed E-state index contributed by atoms with van der Waals surface area (Å²) in [4.78, 5) is 11.0. The third kappa shape index (κ3) is 4.07. The summed E-state index contributed by atoms with van der Waals surface area (Å²) in [5, 5.41) is 5.26. The highest BCUT2D eigenvalue weighted by Gasteiger charge is 2.27. The lowest BCUT2D eigenvalue weighted by atomic mass is 10.3. The standard InChI is InChI=1S/C9H18N2O4S/c1-15-7-9(12)11-3-2-8-6-10-4-5-16(8,13)14/h8,10H,2-7H2,1H3,(H,11,12). The van der Waals surface area contributed by atoms with Crippen LogP contribution < -0.4 is 10.6 Å². The molecule has 0 spiro atoms. The van der Waals surface area contributed by atoms with Gasteiger partial charge in [-0.2, -0.15) is 0 Å². The molecule has 0 aromatic rings. The highest BCUT2D eigenvalue weighted by molar-refractivity contribution is 7.92. The number of sulfone groups is 1. The normalized spacial score (nSPS) is 23.9. The maximum absolute atomic E-state index is 11.6. The van der Waals surface area contributed by atoms with Gasteiger partial charge in [-0.3, -0.25) is 4.79 Å². The molecule has 16 heavy (non-hydrogen) atoms. The predicted molar refractivity (Wildman–Crippen MR) is 59.9 cm³/mol. The largest absolute Gasteiger partial charge is 0.375 e. The molecule has 1 aliphatic rings. The monoisotopic (exact) mass is 250 g/mol. The van der Waals surface area contributed by atoms with Gasteiger partial charge in [0.2, 0.25) is 5.91 Å². The highest BCUT2D eigenvalue weighted by Crippen LogP contribution is 2.09. The summed E-state index contributed by atoms with van der Waals surface area (Å²) >= 11 is 0. The fourth-order valence-corrected chi connectivity index (χ4v) is 3.22. The number of hydrogen-bond donors (Lipinski definition) is 2. The van der Waals surface area contributed by atoms with E-state index in [1.807, 2.05) is 0 Å². The fraction of sp³-hybridized carbons (Fsp3) is 0.889. The minimum Gasteiger partial charge on any atom is -0.375 e. The summed E-state index contributed by atoms with van der Waals surface area (Å²) in [6, 6.07) is 0. The van der Waals surface area contributed by atoms with Crippen molar-refractivity contribution in [2.75, 3.05) is 39.1 Å². The molecule has 1 rings (SSSR count). The molecule has 1 aliphatic heterocycles. The molecule has 6 nitrogen and oxygen atoms in total. The van der Waals surface area contributed by atoms with E-state index in [0.29, 0.717) is 26.1 Å². The van der Waals surface area contributed by atoms with Gasteiger partial charge in [-0.1, -0.05) is 0 Å². The lowest BCUT2D eigenvalue weighted by molar-refractivity contribution is -0.124. The molecule has 1 amide bonds. The topological polar surface area (TPSA) is 84.5 Å². The van der Waals surface area contributed by atoms with Crippen molar-refractivity contribution in [3.63, 3.8) is 0 Å². The van der Waals surface area contributed by atoms with Crippen LogP contribution in [-0.4, -0.2) is 58.7 Å². The SMILES string of the molecule is COCC(=O)NCCC1CNCCS1(=O)=O. The van der Waals surface area contributed by atoms with Crippen LogP contribution in [0.2, 0.25) is 0 Å². The number of amides is 1. The molecule has 94 valence electrons. The summed E-state index contributed by atoms with van der Waals surface area (Å²) in [6.07, 6.45) is 0.449. The number of carbonyl (C=O) groups excluding carboxylic acids is 1. The molecule has 1 unspecified atom stereocenters. The van der Waals surface area contributed by atoms with Crippen LogP contribution in [0.15, 0.2) is 0 Å². The van der Waals surface area contributed by atoms with Crippen LogP contribution in [0.4, 0.5) is 0 Å². The lowest BCUT2D eigenvalue weighted by Gasteiger charge is -2.23. The molecule has 0 radical (unpaired) electrons. The second kappa shape index (κ2) is 6.17. The van der Waals surface area contributed by atoms with Crippen LogP contribution in [0.25, 0.3) is 0 Å². The first kappa shape index (κ1) is 13.4. The first-order valence-corrected chi connectivity index (χ1v) is 6.95. The average Bonchev–Trinajstić information content (AvgIpc) is 2.21. The molecule has 7 heteroatoms. The van der Waals surface area contributed by atoms with Crippen molar-refractivity contribution in [2.24, 2.45) is 0 Å². The van der Waals surface area contributed by atoms with Gasteiger partial charge in [0.05, 0.1) is 11.0 Å². The van der Waals surface area contributed by atoms with Crippen LogP contribution in [0, 0.1) is 0 Å². The maximum atomic E-state index is 11.6. The minimum atomic E-state index is -2.98. The van der Waals surface area contributed by atoms with Crippen LogP contribution in [0.3, 0.4) is 0 Å². The number of methoxy groups -OCH3 is 1. The van der Waals surface area contributed by atoms with Gasteiger partial charge in [-0.15, -0.1) is 0 Å². The Morgan fingerprint density at radius 1 is 1.56 bits per heavy atom. The zero-order chi connectivity index (χ0) is 12.0. The summed E-state index contributed by atoms with van der Waals surface area (Å²) in [7, 11) is -1.54. The van der Waals surface area contributed by atoms with E-state index in [4.69, 9.17) is 0 Å². The van der Waals surface area contributed by atoms with Crippen molar-refractivity contribution in [1.82, 2.24) is 10.6 Å². The van der Waals surface area contributed by atoms with Gasteiger partial charge in [-0.25, -0.2) is 8.42 Å². The lowest BCUT2D eigenvalue weighted by Crippen LogP contribution is -2.45. The number of hydrogen-bond acceptors (Lipinski definition) is 5. The van der Waals surface area contributed by atoms with Crippen molar-refractivity contribution in [1.29, 1.82) is 0 Å². The van der Waals surface area contributed by atoms with E-state index >= 15 is 0 Å². The first-order valence-electron chi connectivity index (χ1n) is 5.24. The second-order valence-corrected chi connectivity index (χ2v) is 6.17. The van der Waals surface area contributed by atoms with Gasteiger partial charge in [0.1, 0.15) is 6.61 Å². The summed E-state index contributed by atoms with van der Waals surface area (Å²) in [5.74, 6) is -0.0346. The van der Waals surface area contributed by atoms with Crippen LogP contribution in [0.1, 0.15) is 6.42 Å². The number of rotatable bonds is 5. The molecule has 1 heterocycles. The quantitative estimate of drug-likeness (QED) is 0.622. The molecule has 0 bridgehead atoms. The Balaban J connectivity index is 2.29. The van der Waals surface area contributed by atoms with Gasteiger partial charge in [0.15, 0.2) is 9.84 Å². The summed E-state index contributed by atoms with van der Waals surface area (Å²) in [5.41, 5.74) is 0. The summed E-state index contributed by atoms with van der Waals surface area (Å²) < 4.78 is 27.9. The van der Waals surface area contributed by atoms with Gasteiger partial charge in [0, 0.05) is 26.7 Å². The van der Waals surface area contributed by atoms with E-state index in [1.54, 1.807) is 0 Å². The van der Waals surface area contributed by atoms with Crippen molar-refractivity contribution in [3.8, 4) is 0 Å². The molecule has 0 aromatic heterocycles. The van der Waals surface area contributed by atoms with Crippen LogP contribution in [0.5, 0.6) is 0 Å². The van der Waals surface area contributed by atoms with Gasteiger partial charge < -0.3 is 15.4 Å². The zero-order valence-electron chi connectivity index (χ0n) is 9.36. The Kier molecular flexibility index (Phi) is 5.17. The van der Waals surface area contributed by atoms with Gasteiger partial charge in [0.25, 0.3) is 0 Å². The number of ether oxygens (including phenoxy) is 1. The maximum Gasteiger partial charge on any atom is 0.245 e. The Hall–Kier alpha value is -0.660. The Morgan fingerprint density at radius 2 is 2.31 bits per heavy atom. The molecular formula is C9H18N2O4S. The van der Waals surface area contributed by atoms with Crippen molar-refractivity contribution >= 4 is 15.7 Å². The molecule has 0 aromatic carbocycles. The van der Waals surface area contributed by atoms with E-state index < -0.39 is 9.84 Å². The highest BCUT2D eigenvalue weighted by atomic mass is 32.2. The predicted octanol–water partition coefficient (Wildman–Crippen LogP) is -1.47. The Bertz CT molecular complexity index is 328. The third-order valence-electron chi connectivity index (χ3n) is 2.51. The smallest absolute Gasteiger partial charge is 0.245 e. The van der Waals surface area contributed by atoms with Crippen molar-refractivity contribution in [2.45, 2.75) is 11.7 Å². The second-order valence-electron chi connectivity index (χ2n) is 3.76. The Labute approximate surface area is 95.7 Å². The number of nitrogens with one attached hydrogen (secondary N) is 2. The molecule has 1 fully saturated rings. The van der Waals surface area contributed by atoms with Crippen LogP contribution >= 0.6 is 0 Å². The van der Waals surface area contributed by atoms with Gasteiger partial charge in [-0.05, 0) is 6.42 Å². The third-order valence-corrected chi connectivity index (χ3v) is 4.70. The van der Waals surface area contributed by atoms with E-state index in [1.165, 1.54) is 7.11 Å². The van der Waals surface area contributed by atoms with Gasteiger partial charge >= 0.3 is 0 Å². The van der Waals surface area contributed by atoms with Crippen molar-refractivity contribution < 1.29 is 17.9 Å². The summed E-state index contributed by atoms with van der Waals surface area (Å²) in [6.45, 7) is 1.38. The fourth-order valence-electron chi connectivity index (χ4n) is 1.61. The average molecular weight is 250 g/mol. The van der Waals surface area contributed by atoms with E-state index in [-0.39, 0.29) is 23.5 Å².